The zero-order valence-corrected chi connectivity index (χ0v) is 25.9. The second kappa shape index (κ2) is 15.9. The molecule has 0 spiro atoms. The molecule has 1 heterocycles. The van der Waals surface area contributed by atoms with Crippen molar-refractivity contribution in [1.29, 1.82) is 5.26 Å². The molecule has 3 aromatic rings. The van der Waals surface area contributed by atoms with Gasteiger partial charge in [0.15, 0.2) is 0 Å². The van der Waals surface area contributed by atoms with Crippen LogP contribution in [0, 0.1) is 11.3 Å². The summed E-state index contributed by atoms with van der Waals surface area (Å²) < 4.78 is 46.4. The number of methoxy groups -OCH3 is 1. The van der Waals surface area contributed by atoms with Gasteiger partial charge in [0.25, 0.3) is 0 Å². The summed E-state index contributed by atoms with van der Waals surface area (Å²) in [5.41, 5.74) is 1.37. The highest BCUT2D eigenvalue weighted by atomic mass is 32.2. The summed E-state index contributed by atoms with van der Waals surface area (Å²) in [6, 6.07) is 21.4. The van der Waals surface area contributed by atoms with Crippen LogP contribution in [0.15, 0.2) is 83.4 Å². The predicted molar refractivity (Wildman–Crippen MR) is 168 cm³/mol. The van der Waals surface area contributed by atoms with E-state index < -0.39 is 27.9 Å². The molecule has 3 aromatic carbocycles. The van der Waals surface area contributed by atoms with E-state index in [1.54, 1.807) is 24.3 Å². The van der Waals surface area contributed by atoms with E-state index in [9.17, 15) is 23.3 Å². The van der Waals surface area contributed by atoms with Gasteiger partial charge >= 0.3 is 5.97 Å². The van der Waals surface area contributed by atoms with Crippen LogP contribution in [0.3, 0.4) is 0 Å². The van der Waals surface area contributed by atoms with Gasteiger partial charge in [0.05, 0.1) is 29.7 Å². The first-order valence-electron chi connectivity index (χ1n) is 14.4. The Morgan fingerprint density at radius 2 is 1.78 bits per heavy atom. The van der Waals surface area contributed by atoms with E-state index in [1.165, 1.54) is 44.4 Å². The van der Waals surface area contributed by atoms with E-state index in [2.05, 4.69) is 15.4 Å². The van der Waals surface area contributed by atoms with Crippen LogP contribution in [0.1, 0.15) is 36.5 Å². The maximum absolute atomic E-state index is 13.3. The van der Waals surface area contributed by atoms with Crippen LogP contribution in [0.4, 0.5) is 0 Å². The maximum atomic E-state index is 13.3. The lowest BCUT2D eigenvalue weighted by Crippen LogP contribution is -2.40. The number of hydrogen-bond donors (Lipinski definition) is 3. The molecule has 3 N–H and O–H groups in total. The lowest BCUT2D eigenvalue weighted by molar-refractivity contribution is -0.137. The molecule has 12 heteroatoms. The highest BCUT2D eigenvalue weighted by Crippen LogP contribution is 2.25. The van der Waals surface area contributed by atoms with Crippen molar-refractivity contribution >= 4 is 28.0 Å². The monoisotopic (exact) mass is 632 g/mol. The minimum atomic E-state index is -3.91. The normalized spacial score (nSPS) is 14.6. The Balaban J connectivity index is 1.59. The number of esters is 1. The van der Waals surface area contributed by atoms with E-state index >= 15 is 0 Å². The number of nitrogens with one attached hydrogen (secondary N) is 3. The molecule has 0 aliphatic carbocycles. The molecule has 45 heavy (non-hydrogen) atoms. The molecule has 0 aromatic heterocycles. The van der Waals surface area contributed by atoms with Gasteiger partial charge in [-0.2, -0.15) is 5.26 Å². The smallest absolute Gasteiger partial charge is 0.354 e. The molecule has 0 bridgehead atoms. The van der Waals surface area contributed by atoms with E-state index in [4.69, 9.17) is 14.2 Å². The van der Waals surface area contributed by atoms with E-state index in [0.717, 1.165) is 37.2 Å². The third-order valence-electron chi connectivity index (χ3n) is 6.97. The number of carbonyl (C=O) groups is 2. The number of ether oxygens (including phenoxy) is 3. The number of rotatable bonds is 13. The zero-order chi connectivity index (χ0) is 32.2. The SMILES string of the molecule is COC(=O)C(=Cc1ccc(C#N)cc1OC[C@H](Cc1ccc(OC2CCNCC2)cc1)NS(=O)(=O)c1ccccc1)NC(C)=O. The second-order valence-corrected chi connectivity index (χ2v) is 12.2. The van der Waals surface area contributed by atoms with Crippen molar-refractivity contribution in [2.45, 2.75) is 43.2 Å². The van der Waals surface area contributed by atoms with Crippen LogP contribution in [0.2, 0.25) is 0 Å². The predicted octanol–water partition coefficient (Wildman–Crippen LogP) is 3.31. The highest BCUT2D eigenvalue weighted by molar-refractivity contribution is 7.89. The molecule has 1 amide bonds. The molecule has 1 saturated heterocycles. The van der Waals surface area contributed by atoms with Gasteiger partial charge in [-0.15, -0.1) is 0 Å². The third-order valence-corrected chi connectivity index (χ3v) is 8.50. The molecular formula is C33H36N4O7S. The summed E-state index contributed by atoms with van der Waals surface area (Å²) in [5, 5.41) is 15.2. The number of benzene rings is 3. The molecule has 1 aliphatic heterocycles. The first kappa shape index (κ1) is 33.2. The molecule has 1 aliphatic rings. The molecular weight excluding hydrogens is 596 g/mol. The van der Waals surface area contributed by atoms with Gasteiger partial charge in [-0.05, 0) is 86.5 Å². The van der Waals surface area contributed by atoms with Gasteiger partial charge < -0.3 is 24.8 Å². The molecule has 1 atom stereocenters. The standard InChI is InChI=1S/C33H36N4O7S/c1-23(38)36-31(33(39)42-2)20-26-11-8-25(21-34)19-32(26)43-22-27(37-45(40,41)30-6-4-3-5-7-30)18-24-9-12-28(13-10-24)44-29-14-16-35-17-15-29/h3-13,19-20,27,29,35,37H,14-18,22H2,1-2H3,(H,36,38)/t27-/m0/s1. The average Bonchev–Trinajstić information content (AvgIpc) is 3.05. The number of piperidine rings is 1. The van der Waals surface area contributed by atoms with Crippen LogP contribution in [0.25, 0.3) is 6.08 Å². The Labute approximate surface area is 263 Å². The summed E-state index contributed by atoms with van der Waals surface area (Å²) in [4.78, 5) is 24.1. The number of nitriles is 1. The summed E-state index contributed by atoms with van der Waals surface area (Å²) in [6.07, 6.45) is 3.65. The van der Waals surface area contributed by atoms with Gasteiger partial charge in [-0.3, -0.25) is 4.79 Å². The minimum absolute atomic E-state index is 0.105. The number of carbonyl (C=O) groups excluding carboxylic acids is 2. The van der Waals surface area contributed by atoms with E-state index in [-0.39, 0.29) is 41.0 Å². The van der Waals surface area contributed by atoms with Crippen molar-refractivity contribution < 1.29 is 32.2 Å². The van der Waals surface area contributed by atoms with Crippen LogP contribution >= 0.6 is 0 Å². The first-order chi connectivity index (χ1) is 21.7. The fourth-order valence-electron chi connectivity index (χ4n) is 4.76. The fourth-order valence-corrected chi connectivity index (χ4v) is 6.00. The summed E-state index contributed by atoms with van der Waals surface area (Å²) >= 11 is 0. The number of nitrogens with zero attached hydrogens (tertiary/aromatic N) is 1. The average molecular weight is 633 g/mol. The summed E-state index contributed by atoms with van der Waals surface area (Å²) in [7, 11) is -2.73. The van der Waals surface area contributed by atoms with Crippen molar-refractivity contribution in [2.75, 3.05) is 26.8 Å². The lowest BCUT2D eigenvalue weighted by Gasteiger charge is -2.24. The number of amides is 1. The Morgan fingerprint density at radius 1 is 1.07 bits per heavy atom. The number of hydrogen-bond acceptors (Lipinski definition) is 9. The van der Waals surface area contributed by atoms with Crippen molar-refractivity contribution in [1.82, 2.24) is 15.4 Å². The van der Waals surface area contributed by atoms with Crippen LogP contribution in [-0.4, -0.2) is 59.2 Å². The Kier molecular flexibility index (Phi) is 11.7. The highest BCUT2D eigenvalue weighted by Gasteiger charge is 2.22. The lowest BCUT2D eigenvalue weighted by atomic mass is 10.1. The van der Waals surface area contributed by atoms with Crippen LogP contribution in [0.5, 0.6) is 11.5 Å². The maximum Gasteiger partial charge on any atom is 0.354 e. The van der Waals surface area contributed by atoms with Crippen molar-refractivity contribution in [3.05, 3.63) is 95.2 Å². The van der Waals surface area contributed by atoms with Gasteiger partial charge in [-0.1, -0.05) is 30.3 Å². The van der Waals surface area contributed by atoms with Crippen LogP contribution in [-0.2, 0) is 30.8 Å². The fraction of sp³-hybridized carbons (Fsp3) is 0.303. The second-order valence-electron chi connectivity index (χ2n) is 10.5. The zero-order valence-electron chi connectivity index (χ0n) is 25.1. The Hall–Kier alpha value is -4.70. The van der Waals surface area contributed by atoms with Gasteiger partial charge in [0.2, 0.25) is 15.9 Å². The molecule has 1 fully saturated rings. The molecule has 0 saturated carbocycles. The topological polar surface area (TPSA) is 156 Å². The van der Waals surface area contributed by atoms with Crippen molar-refractivity contribution in [2.24, 2.45) is 0 Å². The third kappa shape index (κ3) is 9.90. The van der Waals surface area contributed by atoms with Gasteiger partial charge in [-0.25, -0.2) is 17.9 Å². The number of sulfonamides is 1. The largest absolute Gasteiger partial charge is 0.491 e. The quantitative estimate of drug-likeness (QED) is 0.190. The minimum Gasteiger partial charge on any atom is -0.491 e. The molecule has 4 rings (SSSR count). The van der Waals surface area contributed by atoms with Crippen molar-refractivity contribution in [3.8, 4) is 17.6 Å². The van der Waals surface area contributed by atoms with E-state index in [1.807, 2.05) is 30.3 Å². The first-order valence-corrected chi connectivity index (χ1v) is 15.9. The summed E-state index contributed by atoms with van der Waals surface area (Å²) in [5.74, 6) is -0.309. The molecule has 0 unspecified atom stereocenters. The van der Waals surface area contributed by atoms with Gasteiger partial charge in [0.1, 0.15) is 29.9 Å². The Bertz CT molecular complexity index is 1650. The molecule has 236 valence electrons. The molecule has 0 radical (unpaired) electrons. The van der Waals surface area contributed by atoms with Crippen LogP contribution < -0.4 is 24.8 Å². The summed E-state index contributed by atoms with van der Waals surface area (Å²) in [6.45, 7) is 2.96. The Morgan fingerprint density at radius 3 is 2.42 bits per heavy atom. The van der Waals surface area contributed by atoms with Crippen molar-refractivity contribution in [3.63, 3.8) is 0 Å². The van der Waals surface area contributed by atoms with E-state index in [0.29, 0.717) is 5.56 Å². The van der Waals surface area contributed by atoms with Gasteiger partial charge in [0, 0.05) is 12.5 Å². The molecule has 11 nitrogen and oxygen atoms in total.